The number of hydrogen-bond donors (Lipinski definition) is 1. The smallest absolute Gasteiger partial charge is 0.373 e. The first-order valence-corrected chi connectivity index (χ1v) is 5.95. The predicted octanol–water partition coefficient (Wildman–Crippen LogP) is 2.76. The van der Waals surface area contributed by atoms with Crippen LogP contribution < -0.4 is 0 Å². The molecule has 5 heteroatoms. The number of fused-ring (bicyclic) bond motifs is 1. The van der Waals surface area contributed by atoms with E-state index in [0.29, 0.717) is 5.01 Å². The topological polar surface area (TPSA) is 59.4 Å². The average Bonchev–Trinajstić information content (AvgIpc) is 2.71. The first-order valence-electron chi connectivity index (χ1n) is 5.14. The van der Waals surface area contributed by atoms with Crippen LogP contribution in [0.2, 0.25) is 0 Å². The predicted molar refractivity (Wildman–Crippen MR) is 66.9 cm³/mol. The summed E-state index contributed by atoms with van der Waals surface area (Å²) in [6, 6.07) is 7.62. The Labute approximate surface area is 102 Å². The zero-order valence-electron chi connectivity index (χ0n) is 9.21. The van der Waals surface area contributed by atoms with E-state index < -0.39 is 11.7 Å². The molecule has 0 spiro atoms. The molecule has 0 aliphatic heterocycles. The monoisotopic (exact) mass is 249 g/mol. The molecule has 0 atom stereocenters. The van der Waals surface area contributed by atoms with Crippen LogP contribution in [0.5, 0.6) is 0 Å². The number of esters is 1. The number of nitrogens with zero attached hydrogens (tertiary/aromatic N) is 1. The molecule has 2 rings (SSSR count). The summed E-state index contributed by atoms with van der Waals surface area (Å²) in [6.45, 7) is 1.92. The molecule has 4 nitrogen and oxygen atoms in total. The summed E-state index contributed by atoms with van der Waals surface area (Å²) >= 11 is 1.41. The van der Waals surface area contributed by atoms with Gasteiger partial charge in [-0.3, -0.25) is 0 Å². The van der Waals surface area contributed by atoms with Gasteiger partial charge in [0.2, 0.25) is 5.76 Å². The number of carbonyl (C=O) groups excluding carboxylic acids is 1. The standard InChI is InChI=1S/C12H11NO3S/c1-2-16-12(15)9(14)7-11-13-8-5-3-4-6-10(8)17-11/h3-7,14H,2H2,1H3/b9-7-. The fraction of sp³-hybridized carbons (Fsp3) is 0.167. The Morgan fingerprint density at radius 1 is 1.53 bits per heavy atom. The van der Waals surface area contributed by atoms with E-state index in [2.05, 4.69) is 9.72 Å². The summed E-state index contributed by atoms with van der Waals surface area (Å²) in [5.74, 6) is -1.15. The lowest BCUT2D eigenvalue weighted by Gasteiger charge is -1.98. The van der Waals surface area contributed by atoms with E-state index in [-0.39, 0.29) is 6.61 Å². The molecule has 88 valence electrons. The summed E-state index contributed by atoms with van der Waals surface area (Å²) < 4.78 is 5.68. The largest absolute Gasteiger partial charge is 0.502 e. The van der Waals surface area contributed by atoms with E-state index in [1.807, 2.05) is 24.3 Å². The van der Waals surface area contributed by atoms with Crippen molar-refractivity contribution in [1.82, 2.24) is 4.98 Å². The number of aromatic nitrogens is 1. The number of benzene rings is 1. The van der Waals surface area contributed by atoms with Gasteiger partial charge in [0.25, 0.3) is 0 Å². The lowest BCUT2D eigenvalue weighted by Crippen LogP contribution is -2.06. The quantitative estimate of drug-likeness (QED) is 0.516. The minimum Gasteiger partial charge on any atom is -0.502 e. The van der Waals surface area contributed by atoms with E-state index >= 15 is 0 Å². The molecule has 17 heavy (non-hydrogen) atoms. The number of thiazole rings is 1. The first-order chi connectivity index (χ1) is 8.20. The third kappa shape index (κ3) is 2.62. The molecule has 1 aromatic heterocycles. The SMILES string of the molecule is CCOC(=O)/C(O)=C/c1nc2ccccc2s1. The Morgan fingerprint density at radius 3 is 3.00 bits per heavy atom. The normalized spacial score (nSPS) is 11.7. The maximum Gasteiger partial charge on any atom is 0.373 e. The van der Waals surface area contributed by atoms with Crippen LogP contribution in [-0.4, -0.2) is 22.7 Å². The number of rotatable bonds is 3. The van der Waals surface area contributed by atoms with Crippen LogP contribution in [-0.2, 0) is 9.53 Å². The molecule has 0 saturated carbocycles. The Hall–Kier alpha value is -1.88. The van der Waals surface area contributed by atoms with Crippen molar-refractivity contribution in [3.8, 4) is 0 Å². The van der Waals surface area contributed by atoms with Crippen LogP contribution in [0, 0.1) is 0 Å². The summed E-state index contributed by atoms with van der Waals surface area (Å²) in [5, 5.41) is 10.1. The highest BCUT2D eigenvalue weighted by molar-refractivity contribution is 7.19. The maximum absolute atomic E-state index is 11.2. The van der Waals surface area contributed by atoms with Crippen molar-refractivity contribution < 1.29 is 14.6 Å². The van der Waals surface area contributed by atoms with Crippen molar-refractivity contribution in [2.45, 2.75) is 6.92 Å². The highest BCUT2D eigenvalue weighted by Gasteiger charge is 2.09. The molecule has 0 aliphatic rings. The Balaban J connectivity index is 2.28. The number of ether oxygens (including phenoxy) is 1. The molecular formula is C12H11NO3S. The van der Waals surface area contributed by atoms with Crippen LogP contribution in [0.4, 0.5) is 0 Å². The van der Waals surface area contributed by atoms with Crippen LogP contribution in [0.1, 0.15) is 11.9 Å². The molecule has 0 amide bonds. The fourth-order valence-corrected chi connectivity index (χ4v) is 2.24. The number of aliphatic hydroxyl groups excluding tert-OH is 1. The molecule has 2 aromatic rings. The molecule has 0 fully saturated rings. The van der Waals surface area contributed by atoms with Gasteiger partial charge < -0.3 is 9.84 Å². The summed E-state index contributed by atoms with van der Waals surface area (Å²) in [4.78, 5) is 15.5. The fourth-order valence-electron chi connectivity index (χ4n) is 1.33. The minimum atomic E-state index is -0.730. The molecular weight excluding hydrogens is 238 g/mol. The van der Waals surface area contributed by atoms with Gasteiger partial charge in [0.15, 0.2) is 0 Å². The van der Waals surface area contributed by atoms with Crippen LogP contribution in [0.3, 0.4) is 0 Å². The van der Waals surface area contributed by atoms with E-state index in [1.165, 1.54) is 17.4 Å². The molecule has 0 radical (unpaired) electrons. The second kappa shape index (κ2) is 4.97. The number of carbonyl (C=O) groups is 1. The van der Waals surface area contributed by atoms with Gasteiger partial charge >= 0.3 is 5.97 Å². The molecule has 0 bridgehead atoms. The molecule has 1 aromatic carbocycles. The zero-order valence-corrected chi connectivity index (χ0v) is 10.0. The van der Waals surface area contributed by atoms with Gasteiger partial charge in [0.1, 0.15) is 5.01 Å². The molecule has 1 heterocycles. The first kappa shape index (κ1) is 11.6. The van der Waals surface area contributed by atoms with E-state index in [9.17, 15) is 9.90 Å². The van der Waals surface area contributed by atoms with Crippen molar-refractivity contribution in [3.05, 3.63) is 35.0 Å². The number of para-hydroxylation sites is 1. The van der Waals surface area contributed by atoms with Gasteiger partial charge in [0.05, 0.1) is 16.8 Å². The van der Waals surface area contributed by atoms with Crippen molar-refractivity contribution in [3.63, 3.8) is 0 Å². The van der Waals surface area contributed by atoms with Crippen LogP contribution in [0.25, 0.3) is 16.3 Å². The highest BCUT2D eigenvalue weighted by Crippen LogP contribution is 2.23. The van der Waals surface area contributed by atoms with E-state index in [4.69, 9.17) is 0 Å². The molecule has 1 N–H and O–H groups in total. The summed E-state index contributed by atoms with van der Waals surface area (Å²) in [6.07, 6.45) is 1.32. The third-order valence-corrected chi connectivity index (χ3v) is 3.04. The summed E-state index contributed by atoms with van der Waals surface area (Å²) in [7, 11) is 0. The maximum atomic E-state index is 11.2. The van der Waals surface area contributed by atoms with Gasteiger partial charge in [-0.25, -0.2) is 9.78 Å². The molecule has 0 saturated heterocycles. The van der Waals surface area contributed by atoms with Crippen molar-refractivity contribution in [2.75, 3.05) is 6.61 Å². The van der Waals surface area contributed by atoms with Crippen LogP contribution in [0.15, 0.2) is 30.0 Å². The average molecular weight is 249 g/mol. The van der Waals surface area contributed by atoms with Gasteiger partial charge in [-0.2, -0.15) is 0 Å². The second-order valence-electron chi connectivity index (χ2n) is 3.27. The zero-order chi connectivity index (χ0) is 12.3. The van der Waals surface area contributed by atoms with Gasteiger partial charge in [0, 0.05) is 6.08 Å². The number of hydrogen-bond acceptors (Lipinski definition) is 5. The Bertz CT molecular complexity index is 541. The van der Waals surface area contributed by atoms with E-state index in [1.54, 1.807) is 6.92 Å². The highest BCUT2D eigenvalue weighted by atomic mass is 32.1. The Morgan fingerprint density at radius 2 is 2.29 bits per heavy atom. The van der Waals surface area contributed by atoms with Crippen molar-refractivity contribution in [1.29, 1.82) is 0 Å². The van der Waals surface area contributed by atoms with Crippen LogP contribution >= 0.6 is 11.3 Å². The summed E-state index contributed by atoms with van der Waals surface area (Å²) in [5.41, 5.74) is 0.848. The van der Waals surface area contributed by atoms with Gasteiger partial charge in [-0.15, -0.1) is 11.3 Å². The van der Waals surface area contributed by atoms with Crippen molar-refractivity contribution >= 4 is 33.6 Å². The molecule has 0 unspecified atom stereocenters. The lowest BCUT2D eigenvalue weighted by atomic mass is 10.3. The van der Waals surface area contributed by atoms with E-state index in [0.717, 1.165) is 10.2 Å². The third-order valence-electron chi connectivity index (χ3n) is 2.06. The van der Waals surface area contributed by atoms with Crippen molar-refractivity contribution in [2.24, 2.45) is 0 Å². The number of aliphatic hydroxyl groups is 1. The van der Waals surface area contributed by atoms with Gasteiger partial charge in [-0.1, -0.05) is 12.1 Å². The second-order valence-corrected chi connectivity index (χ2v) is 4.33. The Kier molecular flexibility index (Phi) is 3.39. The lowest BCUT2D eigenvalue weighted by molar-refractivity contribution is -0.141. The molecule has 0 aliphatic carbocycles. The van der Waals surface area contributed by atoms with Gasteiger partial charge in [-0.05, 0) is 19.1 Å². The minimum absolute atomic E-state index is 0.233.